The predicted molar refractivity (Wildman–Crippen MR) is 90.5 cm³/mol. The zero-order chi connectivity index (χ0) is 16.2. The molecule has 0 saturated carbocycles. The Morgan fingerprint density at radius 1 is 1.26 bits per heavy atom. The van der Waals surface area contributed by atoms with Crippen LogP contribution >= 0.6 is 15.9 Å². The number of benzene rings is 1. The molecule has 1 saturated heterocycles. The largest absolute Gasteiger partial charge is 0.338 e. The number of hydrogen-bond donors (Lipinski definition) is 1. The highest BCUT2D eigenvalue weighted by Crippen LogP contribution is 2.22. The Balaban J connectivity index is 1.60. The second-order valence-electron chi connectivity index (χ2n) is 5.51. The number of nitrogens with zero attached hydrogens (tertiary/aromatic N) is 2. The second kappa shape index (κ2) is 6.91. The quantitative estimate of drug-likeness (QED) is 0.895. The lowest BCUT2D eigenvalue weighted by Gasteiger charge is -2.16. The molecule has 2 heterocycles. The molecule has 118 valence electrons. The van der Waals surface area contributed by atoms with Crippen LogP contribution in [0, 0.1) is 5.92 Å². The van der Waals surface area contributed by atoms with Crippen molar-refractivity contribution in [1.29, 1.82) is 0 Å². The van der Waals surface area contributed by atoms with Crippen LogP contribution in [0.4, 0.5) is 5.82 Å². The van der Waals surface area contributed by atoms with Gasteiger partial charge >= 0.3 is 0 Å². The Bertz CT molecular complexity index is 704. The molecule has 1 aromatic carbocycles. The molecule has 23 heavy (non-hydrogen) atoms. The minimum Gasteiger partial charge on any atom is -0.338 e. The van der Waals surface area contributed by atoms with Gasteiger partial charge in [-0.25, -0.2) is 4.98 Å². The van der Waals surface area contributed by atoms with Crippen LogP contribution in [0.25, 0.3) is 0 Å². The number of carbonyl (C=O) groups is 2. The second-order valence-corrected chi connectivity index (χ2v) is 6.43. The Morgan fingerprint density at radius 2 is 2.04 bits per heavy atom. The Morgan fingerprint density at radius 3 is 2.74 bits per heavy atom. The smallest absolute Gasteiger partial charge is 0.230 e. The molecule has 0 radical (unpaired) electrons. The van der Waals surface area contributed by atoms with Crippen molar-refractivity contribution in [2.45, 2.75) is 13.0 Å². The summed E-state index contributed by atoms with van der Waals surface area (Å²) >= 11 is 3.30. The van der Waals surface area contributed by atoms with Gasteiger partial charge in [0.2, 0.25) is 11.8 Å². The Kier molecular flexibility index (Phi) is 4.71. The molecule has 0 spiro atoms. The molecular weight excluding hydrogens is 358 g/mol. The van der Waals surface area contributed by atoms with Gasteiger partial charge in [0.1, 0.15) is 5.82 Å². The van der Waals surface area contributed by atoms with Crippen LogP contribution in [0.5, 0.6) is 0 Å². The summed E-state index contributed by atoms with van der Waals surface area (Å²) in [6, 6.07) is 13.3. The number of hydrogen-bond acceptors (Lipinski definition) is 3. The van der Waals surface area contributed by atoms with Gasteiger partial charge in [-0.05, 0) is 33.6 Å². The number of anilines is 1. The molecule has 3 rings (SSSR count). The van der Waals surface area contributed by atoms with E-state index in [0.717, 1.165) is 10.0 Å². The van der Waals surface area contributed by atoms with Crippen molar-refractivity contribution in [3.63, 3.8) is 0 Å². The molecule has 2 aromatic rings. The van der Waals surface area contributed by atoms with E-state index in [1.54, 1.807) is 17.2 Å². The molecule has 1 aromatic heterocycles. The lowest BCUT2D eigenvalue weighted by atomic mass is 10.1. The van der Waals surface area contributed by atoms with Crippen molar-refractivity contribution in [2.24, 2.45) is 5.92 Å². The fourth-order valence-corrected chi connectivity index (χ4v) is 2.82. The number of halogens is 1. The number of amides is 2. The predicted octanol–water partition coefficient (Wildman–Crippen LogP) is 2.83. The van der Waals surface area contributed by atoms with Crippen LogP contribution < -0.4 is 5.32 Å². The van der Waals surface area contributed by atoms with Gasteiger partial charge in [-0.2, -0.15) is 0 Å². The molecule has 0 bridgehead atoms. The maximum Gasteiger partial charge on any atom is 0.230 e. The summed E-state index contributed by atoms with van der Waals surface area (Å²) in [4.78, 5) is 30.3. The molecule has 1 aliphatic rings. The fraction of sp³-hybridized carbons (Fsp3) is 0.235. The van der Waals surface area contributed by atoms with E-state index in [1.165, 1.54) is 0 Å². The molecule has 5 nitrogen and oxygen atoms in total. The summed E-state index contributed by atoms with van der Waals surface area (Å²) in [5.41, 5.74) is 1.07. The highest BCUT2D eigenvalue weighted by atomic mass is 79.9. The van der Waals surface area contributed by atoms with E-state index in [-0.39, 0.29) is 24.2 Å². The SMILES string of the molecule is O=C(Nc1ccc(Br)cn1)C1CC(=O)N(Cc2ccccc2)C1. The van der Waals surface area contributed by atoms with Crippen molar-refractivity contribution in [3.8, 4) is 0 Å². The standard InChI is InChI=1S/C17H16BrN3O2/c18-14-6-7-15(19-9-14)20-17(23)13-8-16(22)21(11-13)10-12-4-2-1-3-5-12/h1-7,9,13H,8,10-11H2,(H,19,20,23). The summed E-state index contributed by atoms with van der Waals surface area (Å²) in [5, 5.41) is 2.77. The molecule has 1 N–H and O–H groups in total. The zero-order valence-corrected chi connectivity index (χ0v) is 14.0. The van der Waals surface area contributed by atoms with E-state index in [4.69, 9.17) is 0 Å². The van der Waals surface area contributed by atoms with Gasteiger partial charge in [0, 0.05) is 30.2 Å². The first kappa shape index (κ1) is 15.7. The first-order valence-corrected chi connectivity index (χ1v) is 8.15. The van der Waals surface area contributed by atoms with Gasteiger partial charge in [-0.1, -0.05) is 30.3 Å². The molecule has 6 heteroatoms. The third-order valence-corrected chi connectivity index (χ3v) is 4.25. The lowest BCUT2D eigenvalue weighted by molar-refractivity contribution is -0.128. The van der Waals surface area contributed by atoms with E-state index < -0.39 is 0 Å². The van der Waals surface area contributed by atoms with E-state index in [9.17, 15) is 9.59 Å². The zero-order valence-electron chi connectivity index (χ0n) is 12.4. The van der Waals surface area contributed by atoms with E-state index in [1.807, 2.05) is 36.4 Å². The van der Waals surface area contributed by atoms with E-state index in [2.05, 4.69) is 26.2 Å². The van der Waals surface area contributed by atoms with Crippen LogP contribution in [-0.4, -0.2) is 28.2 Å². The van der Waals surface area contributed by atoms with E-state index in [0.29, 0.717) is 18.9 Å². The number of carbonyl (C=O) groups excluding carboxylic acids is 2. The third kappa shape index (κ3) is 3.96. The average molecular weight is 374 g/mol. The van der Waals surface area contributed by atoms with Gasteiger partial charge in [-0.3, -0.25) is 9.59 Å². The van der Waals surface area contributed by atoms with Crippen molar-refractivity contribution in [2.75, 3.05) is 11.9 Å². The van der Waals surface area contributed by atoms with Crippen LogP contribution in [0.1, 0.15) is 12.0 Å². The van der Waals surface area contributed by atoms with Crippen LogP contribution in [0.15, 0.2) is 53.1 Å². The van der Waals surface area contributed by atoms with Crippen molar-refractivity contribution >= 4 is 33.6 Å². The minimum absolute atomic E-state index is 0.0118. The third-order valence-electron chi connectivity index (χ3n) is 3.78. The number of nitrogens with one attached hydrogen (secondary N) is 1. The highest BCUT2D eigenvalue weighted by Gasteiger charge is 2.34. The van der Waals surface area contributed by atoms with Crippen LogP contribution in [0.3, 0.4) is 0 Å². The summed E-state index contributed by atoms with van der Waals surface area (Å²) < 4.78 is 0.848. The normalized spacial score (nSPS) is 17.3. The molecular formula is C17H16BrN3O2. The average Bonchev–Trinajstić information content (AvgIpc) is 2.92. The van der Waals surface area contributed by atoms with Gasteiger partial charge < -0.3 is 10.2 Å². The lowest BCUT2D eigenvalue weighted by Crippen LogP contribution is -2.28. The molecule has 2 amide bonds. The monoisotopic (exact) mass is 373 g/mol. The van der Waals surface area contributed by atoms with E-state index >= 15 is 0 Å². The molecule has 1 aliphatic heterocycles. The van der Waals surface area contributed by atoms with Crippen molar-refractivity contribution in [1.82, 2.24) is 9.88 Å². The Hall–Kier alpha value is -2.21. The van der Waals surface area contributed by atoms with Gasteiger partial charge in [-0.15, -0.1) is 0 Å². The Labute approximate surface area is 142 Å². The van der Waals surface area contributed by atoms with Crippen molar-refractivity contribution < 1.29 is 9.59 Å². The molecule has 1 atom stereocenters. The maximum atomic E-state index is 12.3. The van der Waals surface area contributed by atoms with Crippen molar-refractivity contribution in [3.05, 3.63) is 58.7 Å². The number of aromatic nitrogens is 1. The number of pyridine rings is 1. The maximum absolute atomic E-state index is 12.3. The van der Waals surface area contributed by atoms with Crippen LogP contribution in [-0.2, 0) is 16.1 Å². The van der Waals surface area contributed by atoms with Crippen LogP contribution in [0.2, 0.25) is 0 Å². The fourth-order valence-electron chi connectivity index (χ4n) is 2.58. The summed E-state index contributed by atoms with van der Waals surface area (Å²) in [5.74, 6) is 0.00493. The molecule has 0 aliphatic carbocycles. The van der Waals surface area contributed by atoms with Gasteiger partial charge in [0.05, 0.1) is 5.92 Å². The minimum atomic E-state index is -0.336. The summed E-state index contributed by atoms with van der Waals surface area (Å²) in [6.07, 6.45) is 1.87. The first-order chi connectivity index (χ1) is 11.1. The van der Waals surface area contributed by atoms with Gasteiger partial charge in [0.15, 0.2) is 0 Å². The highest BCUT2D eigenvalue weighted by molar-refractivity contribution is 9.10. The number of likely N-dealkylation sites (tertiary alicyclic amines) is 1. The first-order valence-electron chi connectivity index (χ1n) is 7.36. The van der Waals surface area contributed by atoms with Gasteiger partial charge in [0.25, 0.3) is 0 Å². The topological polar surface area (TPSA) is 62.3 Å². The summed E-state index contributed by atoms with van der Waals surface area (Å²) in [6.45, 7) is 0.982. The number of rotatable bonds is 4. The molecule has 1 unspecified atom stereocenters. The summed E-state index contributed by atoms with van der Waals surface area (Å²) in [7, 11) is 0. The molecule has 1 fully saturated rings.